The van der Waals surface area contributed by atoms with Crippen LogP contribution in [0.2, 0.25) is 0 Å². The minimum atomic E-state index is 0.776. The Morgan fingerprint density at radius 3 is 1.94 bits per heavy atom. The van der Waals surface area contributed by atoms with Gasteiger partial charge in [0, 0.05) is 0 Å². The van der Waals surface area contributed by atoms with Gasteiger partial charge in [-0.15, -0.1) is 0 Å². The molecule has 1 rings (SSSR count). The van der Waals surface area contributed by atoms with Crippen LogP contribution in [0.15, 0.2) is 0 Å². The molecule has 0 heteroatoms. The van der Waals surface area contributed by atoms with Gasteiger partial charge in [-0.2, -0.15) is 0 Å². The second kappa shape index (κ2) is 9.00. The molecule has 0 amide bonds. The molecule has 1 aliphatic rings. The lowest BCUT2D eigenvalue weighted by Gasteiger charge is -2.37. The van der Waals surface area contributed by atoms with Crippen molar-refractivity contribution in [1.82, 2.24) is 0 Å². The van der Waals surface area contributed by atoms with Crippen molar-refractivity contribution in [3.8, 4) is 0 Å². The monoisotopic (exact) mass is 238 g/mol. The standard InChI is InChI=1S/C17H34/c1-3-5-6-7-8-10-14-17(13-4-2)15-11-9-12-16-17/h3-16H2,1-2H3. The minimum Gasteiger partial charge on any atom is -0.0654 e. The molecule has 0 nitrogen and oxygen atoms in total. The highest BCUT2D eigenvalue weighted by Crippen LogP contribution is 2.44. The van der Waals surface area contributed by atoms with E-state index in [-0.39, 0.29) is 0 Å². The van der Waals surface area contributed by atoms with Gasteiger partial charge in [0.25, 0.3) is 0 Å². The van der Waals surface area contributed by atoms with Crippen molar-refractivity contribution in [2.75, 3.05) is 0 Å². The predicted octanol–water partition coefficient (Wildman–Crippen LogP) is 6.49. The van der Waals surface area contributed by atoms with E-state index in [0.717, 1.165) is 5.41 Å². The third kappa shape index (κ3) is 5.93. The van der Waals surface area contributed by atoms with E-state index in [4.69, 9.17) is 0 Å². The highest BCUT2D eigenvalue weighted by atomic mass is 14.3. The third-order valence-electron chi connectivity index (χ3n) is 4.76. The summed E-state index contributed by atoms with van der Waals surface area (Å²) < 4.78 is 0. The van der Waals surface area contributed by atoms with Crippen LogP contribution in [0.3, 0.4) is 0 Å². The van der Waals surface area contributed by atoms with Crippen molar-refractivity contribution in [2.45, 2.75) is 104 Å². The van der Waals surface area contributed by atoms with Crippen molar-refractivity contribution in [2.24, 2.45) is 5.41 Å². The van der Waals surface area contributed by atoms with Gasteiger partial charge in [0.05, 0.1) is 0 Å². The van der Waals surface area contributed by atoms with Crippen molar-refractivity contribution >= 4 is 0 Å². The maximum Gasteiger partial charge on any atom is -0.0298 e. The molecule has 0 N–H and O–H groups in total. The average molecular weight is 238 g/mol. The van der Waals surface area contributed by atoms with E-state index >= 15 is 0 Å². The van der Waals surface area contributed by atoms with Crippen molar-refractivity contribution in [3.05, 3.63) is 0 Å². The first kappa shape index (κ1) is 15.1. The van der Waals surface area contributed by atoms with Gasteiger partial charge in [-0.3, -0.25) is 0 Å². The predicted molar refractivity (Wildman–Crippen MR) is 78.4 cm³/mol. The molecule has 0 radical (unpaired) electrons. The molecule has 102 valence electrons. The van der Waals surface area contributed by atoms with Crippen molar-refractivity contribution in [1.29, 1.82) is 0 Å². The van der Waals surface area contributed by atoms with Gasteiger partial charge in [-0.1, -0.05) is 78.1 Å². The fraction of sp³-hybridized carbons (Fsp3) is 1.00. The van der Waals surface area contributed by atoms with Gasteiger partial charge in [0.15, 0.2) is 0 Å². The highest BCUT2D eigenvalue weighted by Gasteiger charge is 2.30. The first-order chi connectivity index (χ1) is 8.33. The summed E-state index contributed by atoms with van der Waals surface area (Å²) in [6.07, 6.45) is 20.8. The Bertz CT molecular complexity index is 159. The maximum absolute atomic E-state index is 2.37. The Morgan fingerprint density at radius 2 is 1.29 bits per heavy atom. The fourth-order valence-electron chi connectivity index (χ4n) is 3.74. The molecule has 0 saturated heterocycles. The summed E-state index contributed by atoms with van der Waals surface area (Å²) in [5, 5.41) is 0. The number of hydrogen-bond donors (Lipinski definition) is 0. The lowest BCUT2D eigenvalue weighted by atomic mass is 9.68. The zero-order chi connectivity index (χ0) is 12.4. The summed E-state index contributed by atoms with van der Waals surface area (Å²) in [4.78, 5) is 0. The number of unbranched alkanes of at least 4 members (excludes halogenated alkanes) is 5. The normalized spacial score (nSPS) is 19.4. The van der Waals surface area contributed by atoms with Crippen molar-refractivity contribution < 1.29 is 0 Å². The molecule has 0 aliphatic heterocycles. The zero-order valence-electron chi connectivity index (χ0n) is 12.4. The van der Waals surface area contributed by atoms with Gasteiger partial charge in [0.2, 0.25) is 0 Å². The molecule has 0 atom stereocenters. The molecular formula is C17H34. The first-order valence-corrected chi connectivity index (χ1v) is 8.33. The topological polar surface area (TPSA) is 0 Å². The summed E-state index contributed by atoms with van der Waals surface area (Å²) in [6.45, 7) is 4.68. The van der Waals surface area contributed by atoms with E-state index in [1.54, 1.807) is 0 Å². The molecule has 0 aromatic rings. The summed E-state index contributed by atoms with van der Waals surface area (Å²) in [7, 11) is 0. The molecule has 0 aromatic heterocycles. The van der Waals surface area contributed by atoms with E-state index in [1.165, 1.54) is 89.9 Å². The third-order valence-corrected chi connectivity index (χ3v) is 4.76. The Kier molecular flexibility index (Phi) is 7.97. The summed E-state index contributed by atoms with van der Waals surface area (Å²) >= 11 is 0. The number of hydrogen-bond acceptors (Lipinski definition) is 0. The van der Waals surface area contributed by atoms with Gasteiger partial charge in [-0.05, 0) is 31.1 Å². The molecule has 17 heavy (non-hydrogen) atoms. The molecule has 0 aromatic carbocycles. The Hall–Kier alpha value is 0. The zero-order valence-corrected chi connectivity index (χ0v) is 12.4. The van der Waals surface area contributed by atoms with Crippen LogP contribution in [-0.2, 0) is 0 Å². The van der Waals surface area contributed by atoms with Crippen LogP contribution < -0.4 is 0 Å². The maximum atomic E-state index is 2.37. The average Bonchev–Trinajstić information content (AvgIpc) is 2.35. The molecule has 1 fully saturated rings. The van der Waals surface area contributed by atoms with Crippen LogP contribution in [0.25, 0.3) is 0 Å². The van der Waals surface area contributed by atoms with E-state index in [0.29, 0.717) is 0 Å². The van der Waals surface area contributed by atoms with Gasteiger partial charge in [-0.25, -0.2) is 0 Å². The molecule has 1 saturated carbocycles. The van der Waals surface area contributed by atoms with Crippen LogP contribution in [0.4, 0.5) is 0 Å². The second-order valence-electron chi connectivity index (χ2n) is 6.33. The lowest BCUT2D eigenvalue weighted by molar-refractivity contribution is 0.150. The van der Waals surface area contributed by atoms with E-state index < -0.39 is 0 Å². The van der Waals surface area contributed by atoms with Gasteiger partial charge < -0.3 is 0 Å². The molecule has 0 heterocycles. The first-order valence-electron chi connectivity index (χ1n) is 8.33. The molecule has 1 aliphatic carbocycles. The second-order valence-corrected chi connectivity index (χ2v) is 6.33. The summed E-state index contributed by atoms with van der Waals surface area (Å²) in [5.74, 6) is 0. The van der Waals surface area contributed by atoms with Crippen LogP contribution in [0, 0.1) is 5.41 Å². The van der Waals surface area contributed by atoms with Crippen molar-refractivity contribution in [3.63, 3.8) is 0 Å². The van der Waals surface area contributed by atoms with Crippen LogP contribution in [-0.4, -0.2) is 0 Å². The Labute approximate surface area is 110 Å². The Balaban J connectivity index is 2.15. The highest BCUT2D eigenvalue weighted by molar-refractivity contribution is 4.82. The van der Waals surface area contributed by atoms with Crippen LogP contribution in [0.1, 0.15) is 104 Å². The quantitative estimate of drug-likeness (QED) is 0.403. The van der Waals surface area contributed by atoms with E-state index in [1.807, 2.05) is 0 Å². The van der Waals surface area contributed by atoms with Gasteiger partial charge in [0.1, 0.15) is 0 Å². The molecular weight excluding hydrogens is 204 g/mol. The number of rotatable bonds is 9. The summed E-state index contributed by atoms with van der Waals surface area (Å²) in [5.41, 5.74) is 0.776. The SMILES string of the molecule is CCCCCCCCC1(CCC)CCCCC1. The van der Waals surface area contributed by atoms with E-state index in [2.05, 4.69) is 13.8 Å². The summed E-state index contributed by atoms with van der Waals surface area (Å²) in [6, 6.07) is 0. The molecule has 0 spiro atoms. The Morgan fingerprint density at radius 1 is 0.647 bits per heavy atom. The smallest absolute Gasteiger partial charge is 0.0298 e. The molecule has 0 bridgehead atoms. The minimum absolute atomic E-state index is 0.776. The fourth-order valence-corrected chi connectivity index (χ4v) is 3.74. The van der Waals surface area contributed by atoms with E-state index in [9.17, 15) is 0 Å². The van der Waals surface area contributed by atoms with Gasteiger partial charge >= 0.3 is 0 Å². The van der Waals surface area contributed by atoms with Crippen LogP contribution in [0.5, 0.6) is 0 Å². The molecule has 0 unspecified atom stereocenters. The van der Waals surface area contributed by atoms with Crippen LogP contribution >= 0.6 is 0 Å². The largest absolute Gasteiger partial charge is 0.0654 e. The lowest BCUT2D eigenvalue weighted by Crippen LogP contribution is -2.23.